The van der Waals surface area contributed by atoms with Crippen LogP contribution in [0.15, 0.2) is 24.3 Å². The van der Waals surface area contributed by atoms with E-state index < -0.39 is 12.1 Å². The Labute approximate surface area is 224 Å². The highest BCUT2D eigenvalue weighted by Gasteiger charge is 2.17. The van der Waals surface area contributed by atoms with Gasteiger partial charge in [-0.1, -0.05) is 141 Å². The molecular weight excluding hydrogens is 446 g/mol. The van der Waals surface area contributed by atoms with Crippen LogP contribution in [0.2, 0.25) is 0 Å². The predicted molar refractivity (Wildman–Crippen MR) is 156 cm³/mol. The van der Waals surface area contributed by atoms with Crippen molar-refractivity contribution in [3.8, 4) is 0 Å². The average Bonchev–Trinajstić information content (AvgIpc) is 2.88. The molecule has 0 aliphatic rings. The van der Waals surface area contributed by atoms with Gasteiger partial charge in [0, 0.05) is 6.42 Å². The van der Waals surface area contributed by atoms with Crippen molar-refractivity contribution in [1.82, 2.24) is 5.32 Å². The second-order valence-electron chi connectivity index (χ2n) is 10.5. The zero-order chi connectivity index (χ0) is 26.5. The molecule has 2 unspecified atom stereocenters. The first-order valence-electron chi connectivity index (χ1n) is 15.6. The van der Waals surface area contributed by atoms with Crippen molar-refractivity contribution in [3.05, 3.63) is 24.3 Å². The summed E-state index contributed by atoms with van der Waals surface area (Å²) in [4.78, 5) is 12.1. The normalized spacial score (nSPS) is 13.6. The molecule has 0 aliphatic carbocycles. The fourth-order valence-corrected chi connectivity index (χ4v) is 4.48. The van der Waals surface area contributed by atoms with Gasteiger partial charge in [-0.15, -0.1) is 0 Å². The van der Waals surface area contributed by atoms with E-state index in [2.05, 4.69) is 31.3 Å². The highest BCUT2D eigenvalue weighted by Crippen LogP contribution is 2.12. The SMILES string of the molecule is CCCCCCCCCCCCC/C=C/CC/C=C/C(O)C(CO)NC(=O)CCCCCCCCC. The topological polar surface area (TPSA) is 69.6 Å². The van der Waals surface area contributed by atoms with Crippen LogP contribution in [0, 0.1) is 0 Å². The molecule has 0 aromatic heterocycles. The molecule has 0 aromatic rings. The molecule has 0 rings (SSSR count). The molecule has 0 spiro atoms. The number of hydrogen-bond acceptors (Lipinski definition) is 3. The Morgan fingerprint density at radius 1 is 0.639 bits per heavy atom. The maximum Gasteiger partial charge on any atom is 0.220 e. The van der Waals surface area contributed by atoms with E-state index in [4.69, 9.17) is 0 Å². The molecule has 1 amide bonds. The van der Waals surface area contributed by atoms with E-state index in [1.807, 2.05) is 6.08 Å². The minimum Gasteiger partial charge on any atom is -0.394 e. The van der Waals surface area contributed by atoms with E-state index in [9.17, 15) is 15.0 Å². The van der Waals surface area contributed by atoms with E-state index >= 15 is 0 Å². The number of carbonyl (C=O) groups excluding carboxylic acids is 1. The smallest absolute Gasteiger partial charge is 0.220 e. The Kier molecular flexibility index (Phi) is 27.5. The minimum absolute atomic E-state index is 0.0830. The summed E-state index contributed by atoms with van der Waals surface area (Å²) < 4.78 is 0. The molecule has 0 saturated carbocycles. The monoisotopic (exact) mass is 507 g/mol. The summed E-state index contributed by atoms with van der Waals surface area (Å²) in [6.45, 7) is 4.23. The van der Waals surface area contributed by atoms with Gasteiger partial charge in [-0.25, -0.2) is 0 Å². The predicted octanol–water partition coefficient (Wildman–Crippen LogP) is 8.56. The molecule has 2 atom stereocenters. The Hall–Kier alpha value is -1.13. The van der Waals surface area contributed by atoms with Crippen LogP contribution < -0.4 is 5.32 Å². The molecule has 0 heterocycles. The number of aliphatic hydroxyl groups is 2. The lowest BCUT2D eigenvalue weighted by Gasteiger charge is -2.19. The van der Waals surface area contributed by atoms with Gasteiger partial charge in [-0.2, -0.15) is 0 Å². The summed E-state index contributed by atoms with van der Waals surface area (Å²) in [7, 11) is 0. The molecule has 0 radical (unpaired) electrons. The van der Waals surface area contributed by atoms with E-state index in [0.29, 0.717) is 6.42 Å². The van der Waals surface area contributed by atoms with Crippen LogP contribution in [0.4, 0.5) is 0 Å². The molecule has 36 heavy (non-hydrogen) atoms. The van der Waals surface area contributed by atoms with Crippen LogP contribution in [0.5, 0.6) is 0 Å². The highest BCUT2D eigenvalue weighted by molar-refractivity contribution is 5.76. The second kappa shape index (κ2) is 28.4. The van der Waals surface area contributed by atoms with Crippen LogP contribution in [0.3, 0.4) is 0 Å². The zero-order valence-corrected chi connectivity index (χ0v) is 24.0. The lowest BCUT2D eigenvalue weighted by molar-refractivity contribution is -0.123. The molecule has 4 heteroatoms. The van der Waals surface area contributed by atoms with Gasteiger partial charge < -0.3 is 15.5 Å². The van der Waals surface area contributed by atoms with Crippen LogP contribution in [-0.2, 0) is 4.79 Å². The fourth-order valence-electron chi connectivity index (χ4n) is 4.48. The number of amides is 1. The minimum atomic E-state index is -0.853. The average molecular weight is 508 g/mol. The third-order valence-electron chi connectivity index (χ3n) is 6.94. The van der Waals surface area contributed by atoms with Crippen LogP contribution in [0.25, 0.3) is 0 Å². The lowest BCUT2D eigenvalue weighted by Crippen LogP contribution is -2.45. The number of carbonyl (C=O) groups is 1. The Morgan fingerprint density at radius 3 is 1.61 bits per heavy atom. The molecule has 212 valence electrons. The second-order valence-corrected chi connectivity index (χ2v) is 10.5. The van der Waals surface area contributed by atoms with Gasteiger partial charge in [0.25, 0.3) is 0 Å². The first-order chi connectivity index (χ1) is 17.7. The molecule has 0 aliphatic heterocycles. The van der Waals surface area contributed by atoms with E-state index in [1.165, 1.54) is 103 Å². The van der Waals surface area contributed by atoms with E-state index in [-0.39, 0.29) is 12.5 Å². The van der Waals surface area contributed by atoms with Crippen molar-refractivity contribution >= 4 is 5.91 Å². The van der Waals surface area contributed by atoms with E-state index in [1.54, 1.807) is 6.08 Å². The van der Waals surface area contributed by atoms with Crippen molar-refractivity contribution in [3.63, 3.8) is 0 Å². The largest absolute Gasteiger partial charge is 0.394 e. The number of nitrogens with one attached hydrogen (secondary N) is 1. The quantitative estimate of drug-likeness (QED) is 0.0770. The molecular formula is C32H61NO3. The lowest BCUT2D eigenvalue weighted by atomic mass is 10.1. The van der Waals surface area contributed by atoms with Gasteiger partial charge in [0.1, 0.15) is 0 Å². The van der Waals surface area contributed by atoms with Gasteiger partial charge >= 0.3 is 0 Å². The number of allylic oxidation sites excluding steroid dienone is 3. The molecule has 4 nitrogen and oxygen atoms in total. The first-order valence-corrected chi connectivity index (χ1v) is 15.6. The number of hydrogen-bond donors (Lipinski definition) is 3. The fraction of sp³-hybridized carbons (Fsp3) is 0.844. The van der Waals surface area contributed by atoms with Crippen molar-refractivity contribution in [1.29, 1.82) is 0 Å². The van der Waals surface area contributed by atoms with Gasteiger partial charge in [0.15, 0.2) is 0 Å². The number of unbranched alkanes of at least 4 members (excludes halogenated alkanes) is 18. The van der Waals surface area contributed by atoms with Crippen LogP contribution >= 0.6 is 0 Å². The van der Waals surface area contributed by atoms with Gasteiger partial charge in [0.05, 0.1) is 18.8 Å². The third-order valence-corrected chi connectivity index (χ3v) is 6.94. The number of rotatable bonds is 27. The molecule has 0 aromatic carbocycles. The van der Waals surface area contributed by atoms with Gasteiger partial charge in [-0.3, -0.25) is 4.79 Å². The summed E-state index contributed by atoms with van der Waals surface area (Å²) in [6.07, 6.45) is 34.1. The Balaban J connectivity index is 3.69. The number of aliphatic hydroxyl groups excluding tert-OH is 2. The Morgan fingerprint density at radius 2 is 1.08 bits per heavy atom. The summed E-state index contributed by atoms with van der Waals surface area (Å²) in [5, 5.41) is 22.6. The molecule has 0 saturated heterocycles. The first kappa shape index (κ1) is 34.9. The van der Waals surface area contributed by atoms with Crippen molar-refractivity contribution in [2.45, 2.75) is 167 Å². The summed E-state index contributed by atoms with van der Waals surface area (Å²) in [5.74, 6) is -0.0830. The van der Waals surface area contributed by atoms with Crippen molar-refractivity contribution in [2.75, 3.05) is 6.61 Å². The van der Waals surface area contributed by atoms with E-state index in [0.717, 1.165) is 32.1 Å². The summed E-state index contributed by atoms with van der Waals surface area (Å²) in [6, 6.07) is -0.630. The molecule has 0 fully saturated rings. The summed E-state index contributed by atoms with van der Waals surface area (Å²) in [5.41, 5.74) is 0. The maximum atomic E-state index is 12.1. The third kappa shape index (κ3) is 24.6. The summed E-state index contributed by atoms with van der Waals surface area (Å²) >= 11 is 0. The van der Waals surface area contributed by atoms with Crippen molar-refractivity contribution < 1.29 is 15.0 Å². The molecule has 3 N–H and O–H groups in total. The standard InChI is InChI=1S/C32H61NO3/c1-3-5-7-9-11-12-13-14-15-16-17-18-19-20-22-23-25-27-31(35)30(29-34)33-32(36)28-26-24-21-10-8-6-4-2/h19-20,25,27,30-31,34-35H,3-18,21-24,26,28-29H2,1-2H3,(H,33,36)/b20-19+,27-25+. The van der Waals surface area contributed by atoms with Gasteiger partial charge in [-0.05, 0) is 32.1 Å². The van der Waals surface area contributed by atoms with Crippen LogP contribution in [0.1, 0.15) is 155 Å². The van der Waals surface area contributed by atoms with Gasteiger partial charge in [0.2, 0.25) is 5.91 Å². The Bertz CT molecular complexity index is 518. The maximum absolute atomic E-state index is 12.1. The molecule has 0 bridgehead atoms. The van der Waals surface area contributed by atoms with Crippen LogP contribution in [-0.4, -0.2) is 34.9 Å². The highest BCUT2D eigenvalue weighted by atomic mass is 16.3. The zero-order valence-electron chi connectivity index (χ0n) is 24.0. The van der Waals surface area contributed by atoms with Crippen molar-refractivity contribution in [2.24, 2.45) is 0 Å².